The molecule has 1 saturated carbocycles. The summed E-state index contributed by atoms with van der Waals surface area (Å²) in [5, 5.41) is 11.8. The molecule has 2 N–H and O–H groups in total. The van der Waals surface area contributed by atoms with Gasteiger partial charge in [-0.05, 0) is 53.4 Å². The highest BCUT2D eigenvalue weighted by atomic mass is 19.2. The van der Waals surface area contributed by atoms with Gasteiger partial charge in [-0.1, -0.05) is 57.2 Å². The lowest BCUT2D eigenvalue weighted by Crippen LogP contribution is -2.42. The van der Waals surface area contributed by atoms with Gasteiger partial charge in [-0.15, -0.1) is 0 Å². The molecule has 0 aromatic heterocycles. The van der Waals surface area contributed by atoms with Gasteiger partial charge in [0.15, 0.2) is 29.6 Å². The molecule has 3 fully saturated rings. The number of carbonyl (C=O) groups is 1. The van der Waals surface area contributed by atoms with Crippen LogP contribution in [0.5, 0.6) is 0 Å². The fraction of sp³-hybridized carbons (Fsp3) is 0.457. The normalized spacial score (nSPS) is 27.5. The highest BCUT2D eigenvalue weighted by molar-refractivity contribution is 6.04. The van der Waals surface area contributed by atoms with Crippen LogP contribution >= 0.6 is 0 Å². The molecule has 3 aromatic rings. The van der Waals surface area contributed by atoms with Gasteiger partial charge in [0.2, 0.25) is 5.82 Å². The number of hydrogen-bond acceptors (Lipinski definition) is 5. The Hall–Kier alpha value is -3.38. The zero-order valence-corrected chi connectivity index (χ0v) is 25.9. The van der Waals surface area contributed by atoms with Gasteiger partial charge >= 0.3 is 0 Å². The number of ether oxygens (including phenoxy) is 2. The Bertz CT molecular complexity index is 1600. The number of aliphatic hydroxyl groups is 1. The number of nitrogens with zero attached hydrogens (tertiary/aromatic N) is 1. The number of rotatable bonds is 7. The SMILES string of the molecule is CC1(C)CC2CC(C)(CN2C[C@@H]2C[C@H](c3ccc(CO)cc3)O[C@H](c3cccc(NC(=O)c4c(F)c(F)c(F)c(F)c4F)c3)O2)C1. The van der Waals surface area contributed by atoms with Crippen LogP contribution in [-0.4, -0.2) is 41.1 Å². The van der Waals surface area contributed by atoms with Crippen molar-refractivity contribution in [3.63, 3.8) is 0 Å². The summed E-state index contributed by atoms with van der Waals surface area (Å²) in [5.41, 5.74) is 1.12. The van der Waals surface area contributed by atoms with E-state index in [1.807, 2.05) is 24.3 Å². The first-order valence-electron chi connectivity index (χ1n) is 15.4. The first-order chi connectivity index (χ1) is 21.8. The van der Waals surface area contributed by atoms with Gasteiger partial charge in [0, 0.05) is 36.8 Å². The molecule has 2 unspecified atom stereocenters. The van der Waals surface area contributed by atoms with Gasteiger partial charge in [0.05, 0.1) is 18.8 Å². The maximum atomic E-state index is 14.3. The summed E-state index contributed by atoms with van der Waals surface area (Å²) in [7, 11) is 0. The Morgan fingerprint density at radius 1 is 0.913 bits per heavy atom. The lowest BCUT2D eigenvalue weighted by atomic mass is 9.65. The highest BCUT2D eigenvalue weighted by Crippen LogP contribution is 2.53. The second-order valence-electron chi connectivity index (χ2n) is 14.0. The Morgan fingerprint density at radius 2 is 1.59 bits per heavy atom. The first kappa shape index (κ1) is 32.6. The van der Waals surface area contributed by atoms with E-state index in [4.69, 9.17) is 9.47 Å². The van der Waals surface area contributed by atoms with E-state index in [-0.39, 0.29) is 35.3 Å². The molecule has 2 aliphatic heterocycles. The molecular formula is C35H37F5N2O4. The molecule has 11 heteroatoms. The Balaban J connectivity index is 1.25. The van der Waals surface area contributed by atoms with Crippen LogP contribution in [0, 0.1) is 39.9 Å². The fourth-order valence-electron chi connectivity index (χ4n) is 7.85. The van der Waals surface area contributed by atoms with E-state index < -0.39 is 46.8 Å². The molecule has 6 nitrogen and oxygen atoms in total. The van der Waals surface area contributed by atoms with Crippen molar-refractivity contribution in [2.45, 2.75) is 77.6 Å². The number of fused-ring (bicyclic) bond motifs is 2. The molecule has 2 heterocycles. The number of halogens is 5. The number of aliphatic hydroxyl groups excluding tert-OH is 1. The second-order valence-corrected chi connectivity index (χ2v) is 14.0. The van der Waals surface area contributed by atoms with Crippen molar-refractivity contribution in [2.75, 3.05) is 18.4 Å². The van der Waals surface area contributed by atoms with E-state index in [0.717, 1.165) is 36.9 Å². The zero-order valence-electron chi connectivity index (χ0n) is 25.9. The van der Waals surface area contributed by atoms with E-state index in [0.29, 0.717) is 24.6 Å². The van der Waals surface area contributed by atoms with Gasteiger partial charge in [-0.3, -0.25) is 9.69 Å². The summed E-state index contributed by atoms with van der Waals surface area (Å²) in [6.07, 6.45) is 2.51. The van der Waals surface area contributed by atoms with E-state index in [2.05, 4.69) is 31.0 Å². The highest BCUT2D eigenvalue weighted by Gasteiger charge is 2.50. The molecule has 0 spiro atoms. The lowest BCUT2D eigenvalue weighted by Gasteiger charge is -2.41. The van der Waals surface area contributed by atoms with Crippen LogP contribution in [0.4, 0.5) is 27.6 Å². The van der Waals surface area contributed by atoms with Crippen LogP contribution in [0.15, 0.2) is 48.5 Å². The van der Waals surface area contributed by atoms with Gasteiger partial charge < -0.3 is 19.9 Å². The third-order valence-corrected chi connectivity index (χ3v) is 9.43. The van der Waals surface area contributed by atoms with Gasteiger partial charge in [-0.2, -0.15) is 0 Å². The summed E-state index contributed by atoms with van der Waals surface area (Å²) in [6, 6.07) is 14.1. The minimum absolute atomic E-state index is 0.0492. The van der Waals surface area contributed by atoms with Crippen molar-refractivity contribution in [3.05, 3.63) is 99.9 Å². The Kier molecular flexibility index (Phi) is 8.73. The summed E-state index contributed by atoms with van der Waals surface area (Å²) in [6.45, 7) is 8.58. The molecule has 6 rings (SSSR count). The van der Waals surface area contributed by atoms with Crippen LogP contribution in [0.25, 0.3) is 0 Å². The van der Waals surface area contributed by atoms with Crippen molar-refractivity contribution in [2.24, 2.45) is 10.8 Å². The molecule has 5 atom stereocenters. The van der Waals surface area contributed by atoms with Crippen LogP contribution in [0.3, 0.4) is 0 Å². The van der Waals surface area contributed by atoms with E-state index in [1.54, 1.807) is 12.1 Å². The lowest BCUT2D eigenvalue weighted by molar-refractivity contribution is -0.253. The molecule has 1 aliphatic carbocycles. The fourth-order valence-corrected chi connectivity index (χ4v) is 7.85. The molecule has 2 saturated heterocycles. The second kappa shape index (κ2) is 12.3. The van der Waals surface area contributed by atoms with Crippen molar-refractivity contribution in [1.82, 2.24) is 4.90 Å². The topological polar surface area (TPSA) is 71.0 Å². The number of anilines is 1. The van der Waals surface area contributed by atoms with Crippen molar-refractivity contribution >= 4 is 11.6 Å². The summed E-state index contributed by atoms with van der Waals surface area (Å²) >= 11 is 0. The predicted octanol–water partition coefficient (Wildman–Crippen LogP) is 7.57. The number of nitrogens with one attached hydrogen (secondary N) is 1. The van der Waals surface area contributed by atoms with E-state index in [9.17, 15) is 31.9 Å². The van der Waals surface area contributed by atoms with Crippen molar-refractivity contribution in [1.29, 1.82) is 0 Å². The van der Waals surface area contributed by atoms with Gasteiger partial charge in [-0.25, -0.2) is 22.0 Å². The number of amides is 1. The summed E-state index contributed by atoms with van der Waals surface area (Å²) in [4.78, 5) is 15.2. The number of carbonyl (C=O) groups excluding carboxylic acids is 1. The third-order valence-electron chi connectivity index (χ3n) is 9.43. The largest absolute Gasteiger partial charge is 0.392 e. The maximum Gasteiger partial charge on any atom is 0.261 e. The molecule has 246 valence electrons. The molecule has 0 radical (unpaired) electrons. The molecule has 3 aromatic carbocycles. The van der Waals surface area contributed by atoms with Crippen molar-refractivity contribution in [3.8, 4) is 0 Å². The number of benzene rings is 3. The average molecular weight is 645 g/mol. The van der Waals surface area contributed by atoms with Gasteiger partial charge in [0.1, 0.15) is 5.56 Å². The minimum atomic E-state index is -2.34. The molecule has 46 heavy (non-hydrogen) atoms. The summed E-state index contributed by atoms with van der Waals surface area (Å²) < 4.78 is 82.5. The maximum absolute atomic E-state index is 14.3. The molecule has 2 bridgehead atoms. The monoisotopic (exact) mass is 644 g/mol. The van der Waals surface area contributed by atoms with E-state index in [1.165, 1.54) is 12.1 Å². The quantitative estimate of drug-likeness (QED) is 0.158. The zero-order chi connectivity index (χ0) is 33.0. The first-order valence-corrected chi connectivity index (χ1v) is 15.4. The van der Waals surface area contributed by atoms with Crippen LogP contribution in [0.2, 0.25) is 0 Å². The predicted molar refractivity (Wildman–Crippen MR) is 160 cm³/mol. The molecule has 1 amide bonds. The minimum Gasteiger partial charge on any atom is -0.392 e. The number of hydrogen-bond donors (Lipinski definition) is 2. The Labute approximate surface area is 264 Å². The standard InChI is InChI=1S/C35H37F5N2O4/c1-34(2)13-23-14-35(3,17-34)18-42(23)15-24-12-25(20-9-7-19(16-43)8-10-20)46-33(45-24)21-5-4-6-22(11-21)41-32(44)26-27(36)29(38)31(40)30(39)28(26)37/h4-11,23-25,33,43H,12-18H2,1-3H3,(H,41,44)/t23?,24-,25+,33+,35?/m0/s1. The van der Waals surface area contributed by atoms with Crippen LogP contribution < -0.4 is 5.32 Å². The number of likely N-dealkylation sites (tertiary alicyclic amines) is 1. The summed E-state index contributed by atoms with van der Waals surface area (Å²) in [5.74, 6) is -12.7. The van der Waals surface area contributed by atoms with E-state index >= 15 is 0 Å². The molecule has 3 aliphatic rings. The van der Waals surface area contributed by atoms with Crippen LogP contribution in [0.1, 0.15) is 85.9 Å². The Morgan fingerprint density at radius 3 is 2.26 bits per heavy atom. The smallest absolute Gasteiger partial charge is 0.261 e. The molecular weight excluding hydrogens is 607 g/mol. The van der Waals surface area contributed by atoms with Crippen molar-refractivity contribution < 1.29 is 41.3 Å². The van der Waals surface area contributed by atoms with Crippen LogP contribution in [-0.2, 0) is 16.1 Å². The average Bonchev–Trinajstić information content (AvgIpc) is 3.26. The third kappa shape index (κ3) is 6.43. The van der Waals surface area contributed by atoms with Gasteiger partial charge in [0.25, 0.3) is 5.91 Å².